The van der Waals surface area contributed by atoms with E-state index in [1.54, 1.807) is 0 Å². The zero-order valence-electron chi connectivity index (χ0n) is 11.8. The van der Waals surface area contributed by atoms with E-state index >= 15 is 0 Å². The summed E-state index contributed by atoms with van der Waals surface area (Å²) in [6.07, 6.45) is 4.56. The van der Waals surface area contributed by atoms with Crippen molar-refractivity contribution in [3.05, 3.63) is 0 Å². The molecule has 3 atom stereocenters. The van der Waals surface area contributed by atoms with Gasteiger partial charge in [0.05, 0.1) is 6.10 Å². The van der Waals surface area contributed by atoms with E-state index in [2.05, 4.69) is 24.1 Å². The Labute approximate surface area is 107 Å². The summed E-state index contributed by atoms with van der Waals surface area (Å²) in [6, 6.07) is 0.524. The van der Waals surface area contributed by atoms with E-state index in [0.717, 1.165) is 18.9 Å². The van der Waals surface area contributed by atoms with Crippen molar-refractivity contribution in [3.63, 3.8) is 0 Å². The molecule has 2 N–H and O–H groups in total. The smallest absolute Gasteiger partial charge is 0.0662 e. The zero-order chi connectivity index (χ0) is 12.7. The van der Waals surface area contributed by atoms with E-state index in [4.69, 9.17) is 0 Å². The van der Waals surface area contributed by atoms with Crippen LogP contribution in [-0.2, 0) is 0 Å². The van der Waals surface area contributed by atoms with Crippen molar-refractivity contribution < 1.29 is 5.11 Å². The summed E-state index contributed by atoms with van der Waals surface area (Å²) < 4.78 is 0. The van der Waals surface area contributed by atoms with Crippen molar-refractivity contribution in [2.24, 2.45) is 5.92 Å². The minimum absolute atomic E-state index is 0.187. The van der Waals surface area contributed by atoms with E-state index < -0.39 is 0 Å². The molecule has 1 heterocycles. The second-order valence-electron chi connectivity index (χ2n) is 5.46. The summed E-state index contributed by atoms with van der Waals surface area (Å²) in [5, 5.41) is 13.1. The van der Waals surface area contributed by atoms with E-state index in [0.29, 0.717) is 6.04 Å². The van der Waals surface area contributed by atoms with Gasteiger partial charge in [-0.2, -0.15) is 0 Å². The Morgan fingerprint density at radius 2 is 2.18 bits per heavy atom. The van der Waals surface area contributed by atoms with Gasteiger partial charge in [-0.3, -0.25) is 0 Å². The average molecular weight is 242 g/mol. The molecule has 0 aromatic carbocycles. The lowest BCUT2D eigenvalue weighted by Crippen LogP contribution is -2.46. The van der Waals surface area contributed by atoms with Crippen molar-refractivity contribution in [2.75, 3.05) is 26.2 Å². The Kier molecular flexibility index (Phi) is 7.09. The van der Waals surface area contributed by atoms with Gasteiger partial charge >= 0.3 is 0 Å². The average Bonchev–Trinajstić information content (AvgIpc) is 2.36. The zero-order valence-corrected chi connectivity index (χ0v) is 11.8. The normalized spacial score (nSPS) is 25.8. The third-order valence-electron chi connectivity index (χ3n) is 3.94. The molecule has 0 amide bonds. The highest BCUT2D eigenvalue weighted by molar-refractivity contribution is 4.80. The van der Waals surface area contributed by atoms with Gasteiger partial charge in [-0.25, -0.2) is 0 Å². The molecule has 0 bridgehead atoms. The fourth-order valence-corrected chi connectivity index (χ4v) is 2.65. The molecule has 3 heteroatoms. The lowest BCUT2D eigenvalue weighted by Gasteiger charge is -2.36. The summed E-state index contributed by atoms with van der Waals surface area (Å²) in [7, 11) is 0. The first kappa shape index (κ1) is 14.9. The molecule has 0 radical (unpaired) electrons. The van der Waals surface area contributed by atoms with Gasteiger partial charge in [0.2, 0.25) is 0 Å². The van der Waals surface area contributed by atoms with Crippen LogP contribution in [0.15, 0.2) is 0 Å². The Balaban J connectivity index is 2.27. The molecule has 1 aliphatic heterocycles. The van der Waals surface area contributed by atoms with Crippen molar-refractivity contribution in [3.8, 4) is 0 Å². The number of hydrogen-bond acceptors (Lipinski definition) is 3. The van der Waals surface area contributed by atoms with E-state index in [1.807, 2.05) is 6.92 Å². The van der Waals surface area contributed by atoms with E-state index in [9.17, 15) is 5.11 Å². The highest BCUT2D eigenvalue weighted by atomic mass is 16.3. The van der Waals surface area contributed by atoms with Crippen LogP contribution < -0.4 is 5.32 Å². The molecule has 102 valence electrons. The van der Waals surface area contributed by atoms with Crippen molar-refractivity contribution in [1.82, 2.24) is 10.2 Å². The van der Waals surface area contributed by atoms with Gasteiger partial charge in [-0.15, -0.1) is 0 Å². The summed E-state index contributed by atoms with van der Waals surface area (Å²) in [5.41, 5.74) is 0. The number of likely N-dealkylation sites (tertiary alicyclic amines) is 1. The third-order valence-corrected chi connectivity index (χ3v) is 3.94. The molecular formula is C14H30N2O. The lowest BCUT2D eigenvalue weighted by molar-refractivity contribution is 0.130. The number of nitrogens with one attached hydrogen (secondary N) is 1. The first-order valence-corrected chi connectivity index (χ1v) is 7.31. The highest BCUT2D eigenvalue weighted by Gasteiger charge is 2.24. The SMILES string of the molecule is CCCN1CCCC(C(C)NCC(O)CC)C1. The Bertz CT molecular complexity index is 197. The van der Waals surface area contributed by atoms with Gasteiger partial charge in [0, 0.05) is 19.1 Å². The second-order valence-corrected chi connectivity index (χ2v) is 5.46. The van der Waals surface area contributed by atoms with Crippen molar-refractivity contribution >= 4 is 0 Å². The van der Waals surface area contributed by atoms with Crippen LogP contribution in [0.4, 0.5) is 0 Å². The molecule has 0 spiro atoms. The number of rotatable bonds is 7. The molecule has 1 saturated heterocycles. The summed E-state index contributed by atoms with van der Waals surface area (Å²) >= 11 is 0. The maximum absolute atomic E-state index is 9.57. The monoisotopic (exact) mass is 242 g/mol. The van der Waals surface area contributed by atoms with Crippen molar-refractivity contribution in [1.29, 1.82) is 0 Å². The minimum atomic E-state index is -0.187. The summed E-state index contributed by atoms with van der Waals surface area (Å²) in [5.74, 6) is 0.749. The largest absolute Gasteiger partial charge is 0.392 e. The topological polar surface area (TPSA) is 35.5 Å². The van der Waals surface area contributed by atoms with Crippen LogP contribution in [0.25, 0.3) is 0 Å². The van der Waals surface area contributed by atoms with Crippen LogP contribution in [0.5, 0.6) is 0 Å². The Hall–Kier alpha value is -0.120. The van der Waals surface area contributed by atoms with Gasteiger partial charge in [0.15, 0.2) is 0 Å². The van der Waals surface area contributed by atoms with Gasteiger partial charge in [0.25, 0.3) is 0 Å². The first-order chi connectivity index (χ1) is 8.17. The first-order valence-electron chi connectivity index (χ1n) is 7.31. The van der Waals surface area contributed by atoms with Crippen LogP contribution in [0.3, 0.4) is 0 Å². The van der Waals surface area contributed by atoms with Crippen LogP contribution in [0.1, 0.15) is 46.5 Å². The van der Waals surface area contributed by atoms with Crippen LogP contribution in [0.2, 0.25) is 0 Å². The molecule has 0 aromatic heterocycles. The van der Waals surface area contributed by atoms with Crippen LogP contribution >= 0.6 is 0 Å². The molecule has 1 fully saturated rings. The molecule has 3 unspecified atom stereocenters. The number of piperidine rings is 1. The molecule has 1 aliphatic rings. The fourth-order valence-electron chi connectivity index (χ4n) is 2.65. The minimum Gasteiger partial charge on any atom is -0.392 e. The number of nitrogens with zero attached hydrogens (tertiary/aromatic N) is 1. The quantitative estimate of drug-likeness (QED) is 0.715. The van der Waals surface area contributed by atoms with Crippen LogP contribution in [0, 0.1) is 5.92 Å². The van der Waals surface area contributed by atoms with Crippen molar-refractivity contribution in [2.45, 2.75) is 58.6 Å². The highest BCUT2D eigenvalue weighted by Crippen LogP contribution is 2.19. The van der Waals surface area contributed by atoms with E-state index in [-0.39, 0.29) is 6.10 Å². The number of aliphatic hydroxyl groups excluding tert-OH is 1. The summed E-state index contributed by atoms with van der Waals surface area (Å²) in [6.45, 7) is 11.0. The van der Waals surface area contributed by atoms with Gasteiger partial charge in [-0.1, -0.05) is 13.8 Å². The number of hydrogen-bond donors (Lipinski definition) is 2. The van der Waals surface area contributed by atoms with Gasteiger partial charge < -0.3 is 15.3 Å². The molecule has 0 aliphatic carbocycles. The van der Waals surface area contributed by atoms with Gasteiger partial charge in [-0.05, 0) is 51.6 Å². The number of aliphatic hydroxyl groups is 1. The standard InChI is InChI=1S/C14H30N2O/c1-4-8-16-9-6-7-13(11-16)12(3)15-10-14(17)5-2/h12-15,17H,4-11H2,1-3H3. The molecule has 3 nitrogen and oxygen atoms in total. The molecular weight excluding hydrogens is 212 g/mol. The molecule has 0 saturated carbocycles. The maximum atomic E-state index is 9.57. The molecule has 1 rings (SSSR count). The summed E-state index contributed by atoms with van der Waals surface area (Å²) in [4.78, 5) is 2.59. The van der Waals surface area contributed by atoms with E-state index in [1.165, 1.54) is 38.9 Å². The predicted molar refractivity (Wildman–Crippen MR) is 73.2 cm³/mol. The van der Waals surface area contributed by atoms with Gasteiger partial charge in [0.1, 0.15) is 0 Å². The molecule has 17 heavy (non-hydrogen) atoms. The Morgan fingerprint density at radius 3 is 2.82 bits per heavy atom. The Morgan fingerprint density at radius 1 is 1.41 bits per heavy atom. The van der Waals surface area contributed by atoms with Crippen LogP contribution in [-0.4, -0.2) is 48.3 Å². The third kappa shape index (κ3) is 5.36. The molecule has 0 aromatic rings. The fraction of sp³-hybridized carbons (Fsp3) is 1.00. The second kappa shape index (κ2) is 8.06. The maximum Gasteiger partial charge on any atom is 0.0662 e. The lowest BCUT2D eigenvalue weighted by atomic mass is 9.91. The predicted octanol–water partition coefficient (Wildman–Crippen LogP) is 1.86.